The SMILES string of the molecule is Cc1ccc2nc(-c3ccccc3Cl)cc(C(=O)N3CCN(C/C=C/c4ccccc4)CC3)c2c1. The van der Waals surface area contributed by atoms with Crippen molar-refractivity contribution in [1.29, 1.82) is 0 Å². The molecule has 0 unspecified atom stereocenters. The Labute approximate surface area is 211 Å². The van der Waals surface area contributed by atoms with Crippen LogP contribution in [0.15, 0.2) is 84.9 Å². The van der Waals surface area contributed by atoms with Crippen LogP contribution in [-0.2, 0) is 0 Å². The van der Waals surface area contributed by atoms with Gasteiger partial charge in [-0.3, -0.25) is 9.69 Å². The molecular weight excluding hydrogens is 454 g/mol. The van der Waals surface area contributed by atoms with Crippen molar-refractivity contribution in [2.75, 3.05) is 32.7 Å². The third kappa shape index (κ3) is 5.29. The number of nitrogens with zero attached hydrogens (tertiary/aromatic N) is 3. The predicted molar refractivity (Wildman–Crippen MR) is 145 cm³/mol. The average Bonchev–Trinajstić information content (AvgIpc) is 2.89. The first-order valence-electron chi connectivity index (χ1n) is 12.0. The lowest BCUT2D eigenvalue weighted by Gasteiger charge is -2.34. The third-order valence-electron chi connectivity index (χ3n) is 6.48. The maximum absolute atomic E-state index is 13.7. The molecule has 4 nitrogen and oxygen atoms in total. The highest BCUT2D eigenvalue weighted by Crippen LogP contribution is 2.31. The number of aryl methyl sites for hydroxylation is 1. The molecule has 1 fully saturated rings. The molecule has 1 aliphatic heterocycles. The summed E-state index contributed by atoms with van der Waals surface area (Å²) >= 11 is 6.47. The van der Waals surface area contributed by atoms with Gasteiger partial charge in [-0.15, -0.1) is 0 Å². The number of halogens is 1. The van der Waals surface area contributed by atoms with Crippen molar-refractivity contribution >= 4 is 34.5 Å². The van der Waals surface area contributed by atoms with Gasteiger partial charge in [-0.05, 0) is 36.8 Å². The minimum Gasteiger partial charge on any atom is -0.336 e. The number of hydrogen-bond donors (Lipinski definition) is 0. The van der Waals surface area contributed by atoms with Crippen molar-refractivity contribution in [3.8, 4) is 11.3 Å². The normalized spacial score (nSPS) is 14.6. The van der Waals surface area contributed by atoms with Crippen LogP contribution < -0.4 is 0 Å². The van der Waals surface area contributed by atoms with Crippen molar-refractivity contribution in [2.45, 2.75) is 6.92 Å². The summed E-state index contributed by atoms with van der Waals surface area (Å²) in [5, 5.41) is 1.51. The van der Waals surface area contributed by atoms with Gasteiger partial charge in [0.25, 0.3) is 5.91 Å². The van der Waals surface area contributed by atoms with Gasteiger partial charge in [0.1, 0.15) is 0 Å². The van der Waals surface area contributed by atoms with Crippen LogP contribution in [0.4, 0.5) is 0 Å². The number of pyridine rings is 1. The molecule has 0 bridgehead atoms. The van der Waals surface area contributed by atoms with E-state index in [1.54, 1.807) is 0 Å². The van der Waals surface area contributed by atoms with Gasteiger partial charge < -0.3 is 4.90 Å². The van der Waals surface area contributed by atoms with Gasteiger partial charge in [-0.1, -0.05) is 83.9 Å². The van der Waals surface area contributed by atoms with E-state index in [2.05, 4.69) is 35.3 Å². The molecule has 3 aromatic carbocycles. The molecule has 176 valence electrons. The fraction of sp³-hybridized carbons (Fsp3) is 0.200. The molecule has 1 saturated heterocycles. The second kappa shape index (κ2) is 10.4. The quantitative estimate of drug-likeness (QED) is 0.334. The highest BCUT2D eigenvalue weighted by molar-refractivity contribution is 6.33. The summed E-state index contributed by atoms with van der Waals surface area (Å²) in [6.07, 6.45) is 4.35. The molecule has 4 aromatic rings. The summed E-state index contributed by atoms with van der Waals surface area (Å²) in [4.78, 5) is 22.9. The van der Waals surface area contributed by atoms with Crippen molar-refractivity contribution in [3.63, 3.8) is 0 Å². The first kappa shape index (κ1) is 23.3. The zero-order valence-electron chi connectivity index (χ0n) is 19.8. The highest BCUT2D eigenvalue weighted by Gasteiger charge is 2.24. The van der Waals surface area contributed by atoms with Gasteiger partial charge in [-0.25, -0.2) is 4.98 Å². The molecule has 0 N–H and O–H groups in total. The lowest BCUT2D eigenvalue weighted by molar-refractivity contribution is 0.0652. The molecule has 0 spiro atoms. The monoisotopic (exact) mass is 481 g/mol. The lowest BCUT2D eigenvalue weighted by atomic mass is 10.0. The first-order valence-corrected chi connectivity index (χ1v) is 12.4. The zero-order chi connectivity index (χ0) is 24.2. The summed E-state index contributed by atoms with van der Waals surface area (Å²) in [5.74, 6) is 0.0516. The van der Waals surface area contributed by atoms with E-state index < -0.39 is 0 Å². The van der Waals surface area contributed by atoms with Crippen LogP contribution in [-0.4, -0.2) is 53.4 Å². The van der Waals surface area contributed by atoms with Gasteiger partial charge >= 0.3 is 0 Å². The summed E-state index contributed by atoms with van der Waals surface area (Å²) in [5.41, 5.74) is 5.36. The molecule has 5 heteroatoms. The molecule has 5 rings (SSSR count). The van der Waals surface area contributed by atoms with E-state index in [4.69, 9.17) is 16.6 Å². The number of rotatable bonds is 5. The Morgan fingerprint density at radius 1 is 0.943 bits per heavy atom. The van der Waals surface area contributed by atoms with E-state index in [1.807, 2.05) is 72.5 Å². The van der Waals surface area contributed by atoms with Crippen LogP contribution in [0.2, 0.25) is 5.02 Å². The Morgan fingerprint density at radius 2 is 1.69 bits per heavy atom. The molecule has 1 aromatic heterocycles. The Balaban J connectivity index is 1.35. The fourth-order valence-corrected chi connectivity index (χ4v) is 4.76. The van der Waals surface area contributed by atoms with Crippen LogP contribution in [0.5, 0.6) is 0 Å². The molecule has 2 heterocycles. The minimum absolute atomic E-state index is 0.0516. The Kier molecular flexibility index (Phi) is 6.94. The molecule has 1 amide bonds. The van der Waals surface area contributed by atoms with Crippen molar-refractivity contribution in [3.05, 3.63) is 107 Å². The van der Waals surface area contributed by atoms with Crippen LogP contribution in [0.1, 0.15) is 21.5 Å². The molecular formula is C30H28ClN3O. The number of fused-ring (bicyclic) bond motifs is 1. The van der Waals surface area contributed by atoms with E-state index in [0.29, 0.717) is 23.7 Å². The molecule has 0 saturated carbocycles. The van der Waals surface area contributed by atoms with E-state index in [-0.39, 0.29) is 5.91 Å². The molecule has 0 atom stereocenters. The average molecular weight is 482 g/mol. The standard InChI is InChI=1S/C30H28ClN3O/c1-22-13-14-28-25(20-22)26(21-29(32-28)24-11-5-6-12-27(24)31)30(35)34-18-16-33(17-19-34)15-7-10-23-8-3-2-4-9-23/h2-14,20-21H,15-19H2,1H3/b10-7+. The van der Waals surface area contributed by atoms with Crippen molar-refractivity contribution < 1.29 is 4.79 Å². The third-order valence-corrected chi connectivity index (χ3v) is 6.81. The smallest absolute Gasteiger partial charge is 0.254 e. The number of carbonyl (C=O) groups is 1. The Bertz CT molecular complexity index is 1380. The maximum atomic E-state index is 13.7. The van der Waals surface area contributed by atoms with E-state index >= 15 is 0 Å². The van der Waals surface area contributed by atoms with Gasteiger partial charge in [-0.2, -0.15) is 0 Å². The van der Waals surface area contributed by atoms with E-state index in [0.717, 1.165) is 47.4 Å². The fourth-order valence-electron chi connectivity index (χ4n) is 4.53. The summed E-state index contributed by atoms with van der Waals surface area (Å²) < 4.78 is 0. The van der Waals surface area contributed by atoms with Crippen LogP contribution >= 0.6 is 11.6 Å². The number of amides is 1. The lowest BCUT2D eigenvalue weighted by Crippen LogP contribution is -2.48. The second-order valence-corrected chi connectivity index (χ2v) is 9.37. The number of piperazine rings is 1. The van der Waals surface area contributed by atoms with Gasteiger partial charge in [0.05, 0.1) is 16.8 Å². The second-order valence-electron chi connectivity index (χ2n) is 8.96. The number of benzene rings is 3. The van der Waals surface area contributed by atoms with Crippen molar-refractivity contribution in [1.82, 2.24) is 14.8 Å². The molecule has 35 heavy (non-hydrogen) atoms. The Hall–Kier alpha value is -3.47. The first-order chi connectivity index (χ1) is 17.1. The molecule has 0 aliphatic carbocycles. The topological polar surface area (TPSA) is 36.4 Å². The van der Waals surface area contributed by atoms with E-state index in [1.165, 1.54) is 5.56 Å². The van der Waals surface area contributed by atoms with Crippen LogP contribution in [0.25, 0.3) is 28.2 Å². The van der Waals surface area contributed by atoms with Gasteiger partial charge in [0.2, 0.25) is 0 Å². The highest BCUT2D eigenvalue weighted by atomic mass is 35.5. The van der Waals surface area contributed by atoms with Crippen LogP contribution in [0, 0.1) is 6.92 Å². The zero-order valence-corrected chi connectivity index (χ0v) is 20.6. The molecule has 1 aliphatic rings. The number of hydrogen-bond acceptors (Lipinski definition) is 3. The van der Waals surface area contributed by atoms with E-state index in [9.17, 15) is 4.79 Å². The number of aromatic nitrogens is 1. The summed E-state index contributed by atoms with van der Waals surface area (Å²) in [6, 6.07) is 25.9. The molecule has 0 radical (unpaired) electrons. The summed E-state index contributed by atoms with van der Waals surface area (Å²) in [6.45, 7) is 6.03. The largest absolute Gasteiger partial charge is 0.336 e. The predicted octanol–water partition coefficient (Wildman–Crippen LogP) is 6.33. The number of carbonyl (C=O) groups excluding carboxylic acids is 1. The van der Waals surface area contributed by atoms with Crippen LogP contribution in [0.3, 0.4) is 0 Å². The van der Waals surface area contributed by atoms with Crippen molar-refractivity contribution in [2.24, 2.45) is 0 Å². The summed E-state index contributed by atoms with van der Waals surface area (Å²) in [7, 11) is 0. The maximum Gasteiger partial charge on any atom is 0.254 e. The van der Waals surface area contributed by atoms with Gasteiger partial charge in [0, 0.05) is 48.7 Å². The Morgan fingerprint density at radius 3 is 2.46 bits per heavy atom. The van der Waals surface area contributed by atoms with Gasteiger partial charge in [0.15, 0.2) is 0 Å². The minimum atomic E-state index is 0.0516.